The monoisotopic (exact) mass is 271 g/mol. The fourth-order valence-corrected chi connectivity index (χ4v) is 1.97. The van der Waals surface area contributed by atoms with Gasteiger partial charge in [0.1, 0.15) is 11.2 Å². The van der Waals surface area contributed by atoms with E-state index in [0.29, 0.717) is 16.9 Å². The lowest BCUT2D eigenvalue weighted by atomic mass is 10.1. The van der Waals surface area contributed by atoms with E-state index in [4.69, 9.17) is 24.3 Å². The Morgan fingerprint density at radius 3 is 3.00 bits per heavy atom. The first kappa shape index (κ1) is 10.9. The first-order valence-corrected chi connectivity index (χ1v) is 6.02. The molecule has 0 aliphatic heterocycles. The number of methoxy groups -OCH3 is 1. The average Bonchev–Trinajstić information content (AvgIpc) is 2.32. The van der Waals surface area contributed by atoms with Crippen molar-refractivity contribution >= 4 is 29.1 Å². The van der Waals surface area contributed by atoms with E-state index >= 15 is 0 Å². The van der Waals surface area contributed by atoms with Gasteiger partial charge in [0.25, 0.3) is 0 Å². The summed E-state index contributed by atoms with van der Waals surface area (Å²) in [7, 11) is -1.45. The Morgan fingerprint density at radius 2 is 2.41 bits per heavy atom. The standard InChI is InChI=1S/C12H12ClNO2S/c1-7-4-9(10(13)5-11(7)16-3)12(15)8(2)17-6-14/h4-5,8H,1-3H3/i3D2. The van der Waals surface area contributed by atoms with E-state index in [0.717, 1.165) is 11.8 Å². The van der Waals surface area contributed by atoms with Crippen LogP contribution in [-0.2, 0) is 0 Å². The minimum atomic E-state index is -1.45. The van der Waals surface area contributed by atoms with Crippen LogP contribution in [0, 0.1) is 17.6 Å². The first-order valence-electron chi connectivity index (χ1n) is 5.92. The van der Waals surface area contributed by atoms with E-state index in [1.165, 1.54) is 6.07 Å². The van der Waals surface area contributed by atoms with Crippen molar-refractivity contribution in [1.29, 1.82) is 5.26 Å². The second-order valence-corrected chi connectivity index (χ2v) is 4.96. The molecule has 0 bridgehead atoms. The summed E-state index contributed by atoms with van der Waals surface area (Å²) in [5, 5.41) is 10.1. The third kappa shape index (κ3) is 3.15. The maximum Gasteiger partial charge on any atom is 0.178 e. The number of hydrogen-bond acceptors (Lipinski definition) is 4. The molecule has 1 rings (SSSR count). The molecule has 90 valence electrons. The number of benzene rings is 1. The third-order valence-corrected chi connectivity index (χ3v) is 3.24. The maximum atomic E-state index is 12.1. The number of ether oxygens (including phenoxy) is 1. The van der Waals surface area contributed by atoms with Crippen LogP contribution in [0.1, 0.15) is 25.6 Å². The van der Waals surface area contributed by atoms with Gasteiger partial charge in [-0.05, 0) is 43.3 Å². The second-order valence-electron chi connectivity index (χ2n) is 3.43. The SMILES string of the molecule is [2H]C([2H])Oc1cc(Cl)c(C(=O)C(C)SC#N)cc1C. The molecule has 1 aromatic carbocycles. The zero-order valence-corrected chi connectivity index (χ0v) is 10.9. The Bertz CT molecular complexity index is 531. The molecule has 0 spiro atoms. The Balaban J connectivity index is 3.08. The summed E-state index contributed by atoms with van der Waals surface area (Å²) in [5.74, 6) is 0.0663. The fraction of sp³-hybridized carbons (Fsp3) is 0.333. The number of thioether (sulfide) groups is 1. The van der Waals surface area contributed by atoms with Crippen LogP contribution in [0.2, 0.25) is 5.02 Å². The lowest BCUT2D eigenvalue weighted by Gasteiger charge is -2.11. The van der Waals surface area contributed by atoms with E-state index in [2.05, 4.69) is 0 Å². The maximum absolute atomic E-state index is 12.1. The number of Topliss-reactive ketones (excluding diaryl/α,β-unsaturated/α-hetero) is 1. The average molecular weight is 272 g/mol. The highest BCUT2D eigenvalue weighted by molar-refractivity contribution is 8.04. The smallest absolute Gasteiger partial charge is 0.178 e. The molecule has 0 fully saturated rings. The number of nitriles is 1. The molecule has 0 radical (unpaired) electrons. The molecular weight excluding hydrogens is 258 g/mol. The van der Waals surface area contributed by atoms with Crippen molar-refractivity contribution < 1.29 is 12.3 Å². The summed E-state index contributed by atoms with van der Waals surface area (Å²) >= 11 is 6.88. The molecule has 1 aromatic rings. The molecular formula is C12H12ClNO2S. The summed E-state index contributed by atoms with van der Waals surface area (Å²) in [6, 6.07) is 2.97. The van der Waals surface area contributed by atoms with E-state index < -0.39 is 12.3 Å². The number of ketones is 1. The number of rotatable bonds is 4. The zero-order chi connectivity index (χ0) is 14.6. The quantitative estimate of drug-likeness (QED) is 0.622. The summed E-state index contributed by atoms with van der Waals surface area (Å²) in [5.41, 5.74) is 0.930. The van der Waals surface area contributed by atoms with Crippen molar-refractivity contribution in [3.63, 3.8) is 0 Å². The van der Waals surface area contributed by atoms with Crippen LogP contribution in [-0.4, -0.2) is 18.1 Å². The Morgan fingerprint density at radius 1 is 1.71 bits per heavy atom. The summed E-state index contributed by atoms with van der Waals surface area (Å²) in [4.78, 5) is 12.1. The van der Waals surface area contributed by atoms with Crippen molar-refractivity contribution in [2.45, 2.75) is 19.1 Å². The van der Waals surface area contributed by atoms with E-state index in [1.54, 1.807) is 19.9 Å². The lowest BCUT2D eigenvalue weighted by Crippen LogP contribution is -2.13. The van der Waals surface area contributed by atoms with Crippen LogP contribution in [0.15, 0.2) is 12.1 Å². The van der Waals surface area contributed by atoms with Gasteiger partial charge in [0.2, 0.25) is 0 Å². The number of halogens is 1. The molecule has 1 atom stereocenters. The van der Waals surface area contributed by atoms with Crippen LogP contribution < -0.4 is 4.74 Å². The number of carbonyl (C=O) groups is 1. The molecule has 0 N–H and O–H groups in total. The minimum Gasteiger partial charge on any atom is -0.496 e. The minimum absolute atomic E-state index is 0.191. The van der Waals surface area contributed by atoms with Crippen LogP contribution in [0.4, 0.5) is 0 Å². The van der Waals surface area contributed by atoms with E-state index in [9.17, 15) is 4.79 Å². The van der Waals surface area contributed by atoms with Crippen LogP contribution in [0.3, 0.4) is 0 Å². The molecule has 0 aromatic heterocycles. The van der Waals surface area contributed by atoms with Crippen molar-refractivity contribution in [2.24, 2.45) is 0 Å². The molecule has 17 heavy (non-hydrogen) atoms. The fourth-order valence-electron chi connectivity index (χ4n) is 1.33. The summed E-state index contributed by atoms with van der Waals surface area (Å²) in [6.07, 6.45) is 0. The van der Waals surface area contributed by atoms with Gasteiger partial charge in [0.05, 0.1) is 20.1 Å². The molecule has 5 heteroatoms. The largest absolute Gasteiger partial charge is 0.496 e. The highest BCUT2D eigenvalue weighted by atomic mass is 35.5. The van der Waals surface area contributed by atoms with Crippen molar-refractivity contribution in [3.05, 3.63) is 28.3 Å². The van der Waals surface area contributed by atoms with Crippen LogP contribution >= 0.6 is 23.4 Å². The van der Waals surface area contributed by atoms with Gasteiger partial charge in [-0.25, -0.2) is 0 Å². The first-order chi connectivity index (χ1) is 8.86. The Kier molecular flexibility index (Phi) is 3.83. The number of aryl methyl sites for hydroxylation is 1. The molecule has 1 unspecified atom stereocenters. The normalized spacial score (nSPS) is 13.6. The predicted octanol–water partition coefficient (Wildman–Crippen LogP) is 3.44. The number of nitrogens with zero attached hydrogens (tertiary/aromatic N) is 1. The van der Waals surface area contributed by atoms with Gasteiger partial charge in [0.15, 0.2) is 5.78 Å². The molecule has 0 aliphatic carbocycles. The van der Waals surface area contributed by atoms with Gasteiger partial charge in [-0.2, -0.15) is 5.26 Å². The topological polar surface area (TPSA) is 50.1 Å². The van der Waals surface area contributed by atoms with E-state index in [-0.39, 0.29) is 10.8 Å². The molecule has 0 amide bonds. The van der Waals surface area contributed by atoms with Crippen molar-refractivity contribution in [1.82, 2.24) is 0 Å². The zero-order valence-electron chi connectivity index (χ0n) is 11.4. The Labute approximate surface area is 113 Å². The van der Waals surface area contributed by atoms with Crippen LogP contribution in [0.25, 0.3) is 0 Å². The van der Waals surface area contributed by atoms with Crippen LogP contribution in [0.5, 0.6) is 5.75 Å². The van der Waals surface area contributed by atoms with Gasteiger partial charge in [0, 0.05) is 5.56 Å². The number of carbonyl (C=O) groups excluding carboxylic acids is 1. The van der Waals surface area contributed by atoms with Gasteiger partial charge in [-0.3, -0.25) is 4.79 Å². The van der Waals surface area contributed by atoms with Gasteiger partial charge >= 0.3 is 0 Å². The van der Waals surface area contributed by atoms with Crippen molar-refractivity contribution in [3.8, 4) is 11.2 Å². The van der Waals surface area contributed by atoms with Crippen molar-refractivity contribution in [2.75, 3.05) is 7.06 Å². The van der Waals surface area contributed by atoms with Gasteiger partial charge in [-0.15, -0.1) is 0 Å². The lowest BCUT2D eigenvalue weighted by molar-refractivity contribution is 0.0994. The Hall–Kier alpha value is -1.18. The summed E-state index contributed by atoms with van der Waals surface area (Å²) in [6.45, 7) is 3.34. The van der Waals surface area contributed by atoms with E-state index in [1.807, 2.05) is 5.40 Å². The summed E-state index contributed by atoms with van der Waals surface area (Å²) < 4.78 is 19.0. The molecule has 3 nitrogen and oxygen atoms in total. The van der Waals surface area contributed by atoms with Gasteiger partial charge in [-0.1, -0.05) is 11.6 Å². The molecule has 0 aliphatic rings. The molecule has 0 saturated carbocycles. The molecule has 0 heterocycles. The highest BCUT2D eigenvalue weighted by Crippen LogP contribution is 2.29. The second kappa shape index (κ2) is 5.95. The number of thiocyanates is 1. The molecule has 0 saturated heterocycles. The third-order valence-electron chi connectivity index (χ3n) is 2.26. The van der Waals surface area contributed by atoms with Gasteiger partial charge < -0.3 is 4.74 Å². The predicted molar refractivity (Wildman–Crippen MR) is 69.7 cm³/mol. The number of hydrogen-bond donors (Lipinski definition) is 0. The highest BCUT2D eigenvalue weighted by Gasteiger charge is 2.19.